The van der Waals surface area contributed by atoms with Gasteiger partial charge in [-0.15, -0.1) is 0 Å². The summed E-state index contributed by atoms with van der Waals surface area (Å²) in [7, 11) is 8.22. The lowest BCUT2D eigenvalue weighted by atomic mass is 9.95. The number of rotatable bonds is 5. The highest BCUT2D eigenvalue weighted by atomic mass is 15.1. The summed E-state index contributed by atoms with van der Waals surface area (Å²) in [6, 6.07) is 25.3. The molecule has 3 rings (SSSR count). The van der Waals surface area contributed by atoms with Gasteiger partial charge in [-0.3, -0.25) is 0 Å². The number of nitrogens with zero attached hydrogens (tertiary/aromatic N) is 2. The third-order valence-electron chi connectivity index (χ3n) is 4.64. The Morgan fingerprint density at radius 3 is 1.41 bits per heavy atom. The van der Waals surface area contributed by atoms with Crippen molar-refractivity contribution in [2.24, 2.45) is 0 Å². The molecule has 0 amide bonds. The van der Waals surface area contributed by atoms with Crippen molar-refractivity contribution in [3.8, 4) is 0 Å². The van der Waals surface area contributed by atoms with Crippen molar-refractivity contribution < 1.29 is 0 Å². The molecule has 3 aromatic rings. The summed E-state index contributed by atoms with van der Waals surface area (Å²) >= 11 is 0. The number of nitrogen functional groups attached to an aromatic ring is 1. The third kappa shape index (κ3) is 4.50. The zero-order chi connectivity index (χ0) is 19.4. The predicted octanol–water partition coefficient (Wildman–Crippen LogP) is 4.99. The summed E-state index contributed by atoms with van der Waals surface area (Å²) in [5.74, 6) is 0. The van der Waals surface area contributed by atoms with Crippen molar-refractivity contribution in [1.29, 1.82) is 0 Å². The van der Waals surface area contributed by atoms with E-state index in [4.69, 9.17) is 5.73 Å². The minimum absolute atomic E-state index is 0.777. The molecule has 0 unspecified atom stereocenters. The number of anilines is 3. The molecular formula is C24H27N3. The molecule has 0 saturated heterocycles. The van der Waals surface area contributed by atoms with Gasteiger partial charge in [-0.25, -0.2) is 0 Å². The van der Waals surface area contributed by atoms with Crippen molar-refractivity contribution in [2.75, 3.05) is 43.7 Å². The van der Waals surface area contributed by atoms with Gasteiger partial charge in [0.25, 0.3) is 0 Å². The fourth-order valence-electron chi connectivity index (χ4n) is 2.97. The van der Waals surface area contributed by atoms with Crippen LogP contribution in [0.2, 0.25) is 0 Å². The summed E-state index contributed by atoms with van der Waals surface area (Å²) in [6.45, 7) is 0. The maximum atomic E-state index is 5.84. The van der Waals surface area contributed by atoms with E-state index in [1.54, 1.807) is 0 Å². The third-order valence-corrected chi connectivity index (χ3v) is 4.64. The summed E-state index contributed by atoms with van der Waals surface area (Å²) in [5, 5.41) is 0. The Morgan fingerprint density at radius 1 is 0.630 bits per heavy atom. The highest BCUT2D eigenvalue weighted by Crippen LogP contribution is 2.29. The fraction of sp³-hybridized carbons (Fsp3) is 0.167. The predicted molar refractivity (Wildman–Crippen MR) is 119 cm³/mol. The number of nitrogens with two attached hydrogens (primary N) is 1. The first-order valence-electron chi connectivity index (χ1n) is 9.07. The average molecular weight is 358 g/mol. The zero-order valence-corrected chi connectivity index (χ0v) is 16.5. The van der Waals surface area contributed by atoms with Crippen molar-refractivity contribution in [1.82, 2.24) is 0 Å². The maximum absolute atomic E-state index is 5.84. The fourth-order valence-corrected chi connectivity index (χ4v) is 2.97. The maximum Gasteiger partial charge on any atom is 0.0361 e. The molecule has 0 spiro atoms. The normalized spacial score (nSPS) is 10.4. The first-order chi connectivity index (χ1) is 12.9. The SMILES string of the molecule is CN(C)c1ccc(C(=Cc2ccc(N)cc2)c2ccc(N(C)C)cc2)cc1. The van der Waals surface area contributed by atoms with Crippen molar-refractivity contribution >= 4 is 28.7 Å². The van der Waals surface area contributed by atoms with E-state index in [-0.39, 0.29) is 0 Å². The Bertz CT molecular complexity index is 850. The standard InChI is InChI=1S/C24H27N3/c1-26(2)22-13-7-19(8-14-22)24(17-18-5-11-21(25)12-6-18)20-9-15-23(16-10-20)27(3)4/h5-17H,25H2,1-4H3. The number of benzene rings is 3. The van der Waals surface area contributed by atoms with Crippen molar-refractivity contribution in [3.05, 3.63) is 89.5 Å². The van der Waals surface area contributed by atoms with Gasteiger partial charge in [0.1, 0.15) is 0 Å². The second kappa shape index (κ2) is 8.00. The molecule has 0 aliphatic heterocycles. The van der Waals surface area contributed by atoms with E-state index in [0.29, 0.717) is 0 Å². The largest absolute Gasteiger partial charge is 0.399 e. The van der Waals surface area contributed by atoms with E-state index >= 15 is 0 Å². The van der Waals surface area contributed by atoms with Crippen LogP contribution in [0.15, 0.2) is 72.8 Å². The molecule has 0 fully saturated rings. The zero-order valence-electron chi connectivity index (χ0n) is 16.5. The van der Waals surface area contributed by atoms with Crippen LogP contribution in [0.5, 0.6) is 0 Å². The Morgan fingerprint density at radius 2 is 1.04 bits per heavy atom. The van der Waals surface area contributed by atoms with E-state index < -0.39 is 0 Å². The van der Waals surface area contributed by atoms with Crippen LogP contribution in [0.25, 0.3) is 11.6 Å². The van der Waals surface area contributed by atoms with E-state index in [1.807, 2.05) is 12.1 Å². The second-order valence-corrected chi connectivity index (χ2v) is 7.11. The van der Waals surface area contributed by atoms with Gasteiger partial charge in [0.2, 0.25) is 0 Å². The minimum atomic E-state index is 0.777. The second-order valence-electron chi connectivity index (χ2n) is 7.11. The molecule has 0 bridgehead atoms. The van der Waals surface area contributed by atoms with Crippen LogP contribution in [0.4, 0.5) is 17.1 Å². The molecule has 2 N–H and O–H groups in total. The molecule has 3 aromatic carbocycles. The van der Waals surface area contributed by atoms with Crippen LogP contribution < -0.4 is 15.5 Å². The van der Waals surface area contributed by atoms with Gasteiger partial charge < -0.3 is 15.5 Å². The molecule has 0 atom stereocenters. The summed E-state index contributed by atoms with van der Waals surface area (Å²) in [6.07, 6.45) is 2.22. The van der Waals surface area contributed by atoms with E-state index in [2.05, 4.69) is 105 Å². The molecule has 0 aromatic heterocycles. The average Bonchev–Trinajstić information content (AvgIpc) is 2.68. The van der Waals surface area contributed by atoms with Gasteiger partial charge in [-0.05, 0) is 64.7 Å². The minimum Gasteiger partial charge on any atom is -0.399 e. The first-order valence-corrected chi connectivity index (χ1v) is 9.07. The molecule has 0 heterocycles. The molecule has 138 valence electrons. The van der Waals surface area contributed by atoms with Crippen molar-refractivity contribution in [3.63, 3.8) is 0 Å². The highest BCUT2D eigenvalue weighted by Gasteiger charge is 2.07. The van der Waals surface area contributed by atoms with Crippen LogP contribution >= 0.6 is 0 Å². The quantitative estimate of drug-likeness (QED) is 0.516. The van der Waals surface area contributed by atoms with Crippen LogP contribution in [-0.4, -0.2) is 28.2 Å². The highest BCUT2D eigenvalue weighted by molar-refractivity contribution is 5.92. The van der Waals surface area contributed by atoms with Gasteiger partial charge in [-0.1, -0.05) is 36.4 Å². The molecule has 3 nitrogen and oxygen atoms in total. The van der Waals surface area contributed by atoms with Crippen LogP contribution in [0.3, 0.4) is 0 Å². The van der Waals surface area contributed by atoms with Gasteiger partial charge in [0.05, 0.1) is 0 Å². The van der Waals surface area contributed by atoms with Gasteiger partial charge in [0, 0.05) is 45.3 Å². The number of hydrogen-bond acceptors (Lipinski definition) is 3. The van der Waals surface area contributed by atoms with Crippen LogP contribution in [0.1, 0.15) is 16.7 Å². The Hall–Kier alpha value is -3.20. The molecule has 3 heteroatoms. The molecular weight excluding hydrogens is 330 g/mol. The Kier molecular flexibility index (Phi) is 5.51. The van der Waals surface area contributed by atoms with Gasteiger partial charge in [-0.2, -0.15) is 0 Å². The molecule has 0 saturated carbocycles. The summed E-state index contributed by atoms with van der Waals surface area (Å²) in [5.41, 5.74) is 13.7. The topological polar surface area (TPSA) is 32.5 Å². The van der Waals surface area contributed by atoms with Gasteiger partial charge >= 0.3 is 0 Å². The summed E-state index contributed by atoms with van der Waals surface area (Å²) in [4.78, 5) is 4.22. The van der Waals surface area contributed by atoms with E-state index in [1.165, 1.54) is 28.1 Å². The lowest BCUT2D eigenvalue weighted by Crippen LogP contribution is -2.08. The van der Waals surface area contributed by atoms with E-state index in [0.717, 1.165) is 11.3 Å². The van der Waals surface area contributed by atoms with Crippen LogP contribution in [0, 0.1) is 0 Å². The van der Waals surface area contributed by atoms with Crippen molar-refractivity contribution in [2.45, 2.75) is 0 Å². The molecule has 27 heavy (non-hydrogen) atoms. The Balaban J connectivity index is 2.06. The molecule has 0 aliphatic carbocycles. The lowest BCUT2D eigenvalue weighted by molar-refractivity contribution is 1.13. The summed E-state index contributed by atoms with van der Waals surface area (Å²) < 4.78 is 0. The Labute approximate surface area is 162 Å². The van der Waals surface area contributed by atoms with Crippen LogP contribution in [-0.2, 0) is 0 Å². The molecule has 0 aliphatic rings. The lowest BCUT2D eigenvalue weighted by Gasteiger charge is -2.16. The number of hydrogen-bond donors (Lipinski definition) is 1. The smallest absolute Gasteiger partial charge is 0.0361 e. The molecule has 0 radical (unpaired) electrons. The van der Waals surface area contributed by atoms with Gasteiger partial charge in [0.15, 0.2) is 0 Å². The van der Waals surface area contributed by atoms with E-state index in [9.17, 15) is 0 Å². The monoisotopic (exact) mass is 357 g/mol. The first kappa shape index (κ1) is 18.6.